The van der Waals surface area contributed by atoms with Gasteiger partial charge in [-0.25, -0.2) is 12.7 Å². The minimum absolute atomic E-state index is 0.161. The van der Waals surface area contributed by atoms with Crippen LogP contribution in [0.2, 0.25) is 0 Å². The maximum absolute atomic E-state index is 12.8. The van der Waals surface area contributed by atoms with E-state index in [0.29, 0.717) is 6.42 Å². The second kappa shape index (κ2) is 5.57. The predicted molar refractivity (Wildman–Crippen MR) is 83.6 cm³/mol. The van der Waals surface area contributed by atoms with E-state index in [4.69, 9.17) is 0 Å². The molecular weight excluding hydrogens is 298 g/mol. The Morgan fingerprint density at radius 1 is 1.00 bits per heavy atom. The van der Waals surface area contributed by atoms with Crippen molar-refractivity contribution in [3.05, 3.63) is 65.7 Å². The molecule has 1 aliphatic rings. The average Bonchev–Trinajstić information content (AvgIpc) is 2.91. The largest absolute Gasteiger partial charge is 0.274 e. The van der Waals surface area contributed by atoms with Gasteiger partial charge < -0.3 is 0 Å². The van der Waals surface area contributed by atoms with Crippen molar-refractivity contribution in [3.63, 3.8) is 0 Å². The lowest BCUT2D eigenvalue weighted by Gasteiger charge is -2.24. The molecule has 0 N–H and O–H groups in total. The number of hydrogen-bond donors (Lipinski definition) is 0. The molecule has 1 heterocycles. The maximum Gasteiger partial charge on any atom is 0.267 e. The molecule has 0 unspecified atom stereocenters. The molecule has 0 aliphatic carbocycles. The SMILES string of the molecule is Cc1ccc(S(=O)(=O)N2C(=O)CC[C@H]2c2ccccc2)cc1. The molecule has 0 bridgehead atoms. The Morgan fingerprint density at radius 2 is 1.64 bits per heavy atom. The number of benzene rings is 2. The third-order valence-electron chi connectivity index (χ3n) is 3.92. The molecule has 2 aromatic rings. The van der Waals surface area contributed by atoms with Gasteiger partial charge in [0.25, 0.3) is 10.0 Å². The van der Waals surface area contributed by atoms with E-state index in [1.165, 1.54) is 0 Å². The number of amides is 1. The van der Waals surface area contributed by atoms with Crippen LogP contribution in [0.1, 0.15) is 30.0 Å². The van der Waals surface area contributed by atoms with Gasteiger partial charge in [-0.15, -0.1) is 0 Å². The molecule has 4 nitrogen and oxygen atoms in total. The van der Waals surface area contributed by atoms with Gasteiger partial charge >= 0.3 is 0 Å². The first-order chi connectivity index (χ1) is 10.5. The Kier molecular flexibility index (Phi) is 3.74. The van der Waals surface area contributed by atoms with Crippen molar-refractivity contribution in [3.8, 4) is 0 Å². The quantitative estimate of drug-likeness (QED) is 0.875. The molecule has 114 valence electrons. The van der Waals surface area contributed by atoms with Crippen LogP contribution < -0.4 is 0 Å². The molecule has 1 amide bonds. The number of carbonyl (C=O) groups excluding carboxylic acids is 1. The van der Waals surface area contributed by atoms with E-state index >= 15 is 0 Å². The molecule has 1 atom stereocenters. The topological polar surface area (TPSA) is 54.5 Å². The Labute approximate surface area is 130 Å². The second-order valence-electron chi connectivity index (χ2n) is 5.47. The maximum atomic E-state index is 12.8. The number of aryl methyl sites for hydroxylation is 1. The van der Waals surface area contributed by atoms with Crippen LogP contribution in [0.4, 0.5) is 0 Å². The summed E-state index contributed by atoms with van der Waals surface area (Å²) in [6, 6.07) is 15.5. The van der Waals surface area contributed by atoms with E-state index in [9.17, 15) is 13.2 Å². The highest BCUT2D eigenvalue weighted by atomic mass is 32.2. The zero-order valence-electron chi connectivity index (χ0n) is 12.3. The summed E-state index contributed by atoms with van der Waals surface area (Å²) >= 11 is 0. The van der Waals surface area contributed by atoms with E-state index in [2.05, 4.69) is 0 Å². The highest BCUT2D eigenvalue weighted by Crippen LogP contribution is 2.37. The summed E-state index contributed by atoms with van der Waals surface area (Å²) in [5.74, 6) is -0.338. The normalized spacial score (nSPS) is 18.7. The summed E-state index contributed by atoms with van der Waals surface area (Å²) in [4.78, 5) is 12.4. The van der Waals surface area contributed by atoms with Crippen molar-refractivity contribution in [2.24, 2.45) is 0 Å². The summed E-state index contributed by atoms with van der Waals surface area (Å²) in [5.41, 5.74) is 1.83. The molecule has 0 aromatic heterocycles. The van der Waals surface area contributed by atoms with Gasteiger partial charge in [0.1, 0.15) is 0 Å². The van der Waals surface area contributed by atoms with Crippen LogP contribution in [0, 0.1) is 6.92 Å². The lowest BCUT2D eigenvalue weighted by atomic mass is 10.1. The highest BCUT2D eigenvalue weighted by Gasteiger charge is 2.41. The minimum atomic E-state index is -3.82. The van der Waals surface area contributed by atoms with Crippen LogP contribution in [0.5, 0.6) is 0 Å². The van der Waals surface area contributed by atoms with Gasteiger partial charge in [-0.3, -0.25) is 4.79 Å². The summed E-state index contributed by atoms with van der Waals surface area (Å²) in [6.07, 6.45) is 0.776. The Morgan fingerprint density at radius 3 is 2.27 bits per heavy atom. The van der Waals surface area contributed by atoms with Crippen LogP contribution in [-0.2, 0) is 14.8 Å². The van der Waals surface area contributed by atoms with Crippen LogP contribution in [-0.4, -0.2) is 18.6 Å². The smallest absolute Gasteiger partial charge is 0.267 e. The predicted octanol–water partition coefficient (Wildman–Crippen LogP) is 3.05. The van der Waals surface area contributed by atoms with Crippen molar-refractivity contribution in [2.45, 2.75) is 30.7 Å². The number of nitrogens with zero attached hydrogens (tertiary/aromatic N) is 1. The van der Waals surface area contributed by atoms with Crippen LogP contribution in [0.25, 0.3) is 0 Å². The lowest BCUT2D eigenvalue weighted by Crippen LogP contribution is -2.34. The fourth-order valence-electron chi connectivity index (χ4n) is 2.76. The Hall–Kier alpha value is -2.14. The van der Waals surface area contributed by atoms with Gasteiger partial charge in [0.2, 0.25) is 5.91 Å². The molecule has 1 fully saturated rings. The van der Waals surface area contributed by atoms with E-state index in [0.717, 1.165) is 15.4 Å². The summed E-state index contributed by atoms with van der Waals surface area (Å²) < 4.78 is 26.7. The molecule has 22 heavy (non-hydrogen) atoms. The van der Waals surface area contributed by atoms with Gasteiger partial charge in [0, 0.05) is 6.42 Å². The molecular formula is C17H17NO3S. The van der Waals surface area contributed by atoms with Gasteiger partial charge in [-0.1, -0.05) is 48.0 Å². The zero-order valence-corrected chi connectivity index (χ0v) is 13.1. The van der Waals surface area contributed by atoms with Crippen molar-refractivity contribution in [1.29, 1.82) is 0 Å². The third kappa shape index (κ3) is 2.52. The highest BCUT2D eigenvalue weighted by molar-refractivity contribution is 7.89. The van der Waals surface area contributed by atoms with Crippen molar-refractivity contribution in [2.75, 3.05) is 0 Å². The molecule has 0 spiro atoms. The monoisotopic (exact) mass is 315 g/mol. The van der Waals surface area contributed by atoms with Crippen molar-refractivity contribution >= 4 is 15.9 Å². The van der Waals surface area contributed by atoms with Crippen LogP contribution in [0.3, 0.4) is 0 Å². The molecule has 1 aliphatic heterocycles. The van der Waals surface area contributed by atoms with Crippen LogP contribution in [0.15, 0.2) is 59.5 Å². The Bertz CT molecular complexity index is 782. The van der Waals surface area contributed by atoms with Gasteiger partial charge in [0.05, 0.1) is 10.9 Å². The molecule has 3 rings (SSSR count). The lowest BCUT2D eigenvalue weighted by molar-refractivity contribution is -0.124. The zero-order chi connectivity index (χ0) is 15.7. The minimum Gasteiger partial charge on any atom is -0.274 e. The van der Waals surface area contributed by atoms with Gasteiger partial charge in [-0.2, -0.15) is 0 Å². The van der Waals surface area contributed by atoms with Crippen LogP contribution >= 0.6 is 0 Å². The summed E-state index contributed by atoms with van der Waals surface area (Å²) in [7, 11) is -3.82. The average molecular weight is 315 g/mol. The fourth-order valence-corrected chi connectivity index (χ4v) is 4.39. The van der Waals surface area contributed by atoms with Crippen molar-refractivity contribution in [1.82, 2.24) is 4.31 Å². The molecule has 0 radical (unpaired) electrons. The summed E-state index contributed by atoms with van der Waals surface area (Å²) in [5, 5.41) is 0. The first kappa shape index (κ1) is 14.8. The number of rotatable bonds is 3. The summed E-state index contributed by atoms with van der Waals surface area (Å²) in [6.45, 7) is 1.89. The second-order valence-corrected chi connectivity index (χ2v) is 7.29. The first-order valence-corrected chi connectivity index (χ1v) is 8.63. The van der Waals surface area contributed by atoms with Gasteiger partial charge in [-0.05, 0) is 31.0 Å². The Balaban J connectivity index is 2.03. The number of sulfonamides is 1. The van der Waals surface area contributed by atoms with E-state index in [1.807, 2.05) is 37.3 Å². The molecule has 2 aromatic carbocycles. The standard InChI is InChI=1S/C17H17NO3S/c1-13-7-9-15(10-8-13)22(20,21)18-16(11-12-17(18)19)14-5-3-2-4-6-14/h2-10,16H,11-12H2,1H3/t16-/m0/s1. The first-order valence-electron chi connectivity index (χ1n) is 7.19. The molecule has 1 saturated heterocycles. The molecule has 5 heteroatoms. The number of carbonyl (C=O) groups is 1. The van der Waals surface area contributed by atoms with E-state index in [-0.39, 0.29) is 17.2 Å². The van der Waals surface area contributed by atoms with E-state index < -0.39 is 16.1 Å². The molecule has 0 saturated carbocycles. The fraction of sp³-hybridized carbons (Fsp3) is 0.235. The van der Waals surface area contributed by atoms with E-state index in [1.54, 1.807) is 24.3 Å². The van der Waals surface area contributed by atoms with Crippen molar-refractivity contribution < 1.29 is 13.2 Å². The van der Waals surface area contributed by atoms with Gasteiger partial charge in [0.15, 0.2) is 0 Å². The number of hydrogen-bond acceptors (Lipinski definition) is 3. The third-order valence-corrected chi connectivity index (χ3v) is 5.77.